The van der Waals surface area contributed by atoms with Gasteiger partial charge in [-0.25, -0.2) is 0 Å². The van der Waals surface area contributed by atoms with Gasteiger partial charge in [0, 0.05) is 5.56 Å². The summed E-state index contributed by atoms with van der Waals surface area (Å²) in [6, 6.07) is 4.81. The first-order valence-electron chi connectivity index (χ1n) is 8.10. The van der Waals surface area contributed by atoms with Crippen molar-refractivity contribution in [2.24, 2.45) is 0 Å². The Morgan fingerprint density at radius 2 is 2.07 bits per heavy atom. The Bertz CT molecular complexity index is 954. The molecule has 0 bridgehead atoms. The predicted octanol–water partition coefficient (Wildman–Crippen LogP) is 2.96. The average molecular weight is 446 g/mol. The fraction of sp³-hybridized carbons (Fsp3) is 0.353. The number of nitrogens with one attached hydrogen (secondary N) is 3. The van der Waals surface area contributed by atoms with Gasteiger partial charge in [-0.1, -0.05) is 11.6 Å². The molecule has 0 amide bonds. The molecule has 1 aliphatic rings. The minimum Gasteiger partial charge on any atom is -0.611 e. The lowest BCUT2D eigenvalue weighted by Crippen LogP contribution is -2.51. The van der Waals surface area contributed by atoms with Crippen LogP contribution in [0.2, 0.25) is 5.02 Å². The van der Waals surface area contributed by atoms with E-state index in [0.29, 0.717) is 6.07 Å². The van der Waals surface area contributed by atoms with Crippen LogP contribution in [0.3, 0.4) is 0 Å². The molecule has 12 heteroatoms. The number of nitrogens with zero attached hydrogens (tertiary/aromatic N) is 2. The van der Waals surface area contributed by atoms with Gasteiger partial charge in [0.25, 0.3) is 0 Å². The molecule has 0 fully saturated rings. The van der Waals surface area contributed by atoms with E-state index in [2.05, 4.69) is 10.6 Å². The number of aliphatic hydroxyl groups excluding tert-OH is 1. The highest BCUT2D eigenvalue weighted by Crippen LogP contribution is 2.44. The van der Waals surface area contributed by atoms with Crippen LogP contribution in [-0.2, 0) is 22.9 Å². The van der Waals surface area contributed by atoms with Gasteiger partial charge in [-0.2, -0.15) is 23.7 Å². The lowest BCUT2D eigenvalue weighted by Gasteiger charge is -2.40. The van der Waals surface area contributed by atoms with Gasteiger partial charge in [0.05, 0.1) is 35.4 Å². The Kier molecular flexibility index (Phi) is 6.71. The van der Waals surface area contributed by atoms with Gasteiger partial charge in [-0.3, -0.25) is 5.41 Å². The number of hydrogen-bond donors (Lipinski definition) is 4. The number of fused-ring (bicyclic) bond motifs is 1. The van der Waals surface area contributed by atoms with Gasteiger partial charge in [-0.15, -0.1) is 0 Å². The van der Waals surface area contributed by atoms with Gasteiger partial charge in [0.2, 0.25) is 4.91 Å². The molecule has 29 heavy (non-hydrogen) atoms. The van der Waals surface area contributed by atoms with Gasteiger partial charge >= 0.3 is 6.18 Å². The van der Waals surface area contributed by atoms with Crippen molar-refractivity contribution in [2.75, 3.05) is 17.7 Å². The predicted molar refractivity (Wildman–Crippen MR) is 101 cm³/mol. The van der Waals surface area contributed by atoms with E-state index in [1.165, 1.54) is 0 Å². The second-order valence-electron chi connectivity index (χ2n) is 6.03. The third-order valence-electron chi connectivity index (χ3n) is 4.25. The van der Waals surface area contributed by atoms with Crippen molar-refractivity contribution in [3.8, 4) is 12.1 Å². The summed E-state index contributed by atoms with van der Waals surface area (Å²) in [5, 5.41) is 41.2. The largest absolute Gasteiger partial charge is 0.611 e. The molecule has 154 valence electrons. The van der Waals surface area contributed by atoms with Crippen LogP contribution in [0.25, 0.3) is 0 Å². The van der Waals surface area contributed by atoms with Gasteiger partial charge < -0.3 is 20.3 Å². The molecule has 2 atom stereocenters. The Hall–Kier alpha value is -2.44. The normalized spacial score (nSPS) is 21.0. The van der Waals surface area contributed by atoms with Crippen LogP contribution < -0.4 is 10.6 Å². The number of aliphatic hydroxyl groups is 1. The summed E-state index contributed by atoms with van der Waals surface area (Å²) in [6.07, 6.45) is -5.19. The molecule has 1 aromatic rings. The molecule has 4 N–H and O–H groups in total. The molecule has 0 aliphatic carbocycles. The number of rotatable bonds is 5. The topological polar surface area (TPSA) is 139 Å². The molecule has 1 aliphatic heterocycles. The lowest BCUT2D eigenvalue weighted by atomic mass is 9.83. The molecule has 2 rings (SSSR count). The minimum absolute atomic E-state index is 0.0459. The minimum atomic E-state index is -4.72. The van der Waals surface area contributed by atoms with Crippen LogP contribution in [0, 0.1) is 28.1 Å². The molecule has 0 saturated heterocycles. The number of anilines is 1. The van der Waals surface area contributed by atoms with E-state index in [0.717, 1.165) is 6.07 Å². The Morgan fingerprint density at radius 3 is 2.55 bits per heavy atom. The number of allylic oxidation sites excluding steroid dienone is 1. The van der Waals surface area contributed by atoms with E-state index >= 15 is 0 Å². The Morgan fingerprint density at radius 1 is 1.41 bits per heavy atom. The quantitative estimate of drug-likeness (QED) is 0.406. The summed E-state index contributed by atoms with van der Waals surface area (Å²) < 4.78 is 52.2. The highest BCUT2D eigenvalue weighted by molar-refractivity contribution is 7.96. The van der Waals surface area contributed by atoms with Gasteiger partial charge in [-0.05, 0) is 30.2 Å². The Labute approximate surface area is 172 Å². The van der Waals surface area contributed by atoms with Crippen LogP contribution in [0.4, 0.5) is 18.9 Å². The van der Waals surface area contributed by atoms with E-state index in [-0.39, 0.29) is 32.8 Å². The number of hydrogen-bond acceptors (Lipinski definition) is 7. The molecule has 0 saturated carbocycles. The molecule has 7 nitrogen and oxygen atoms in total. The van der Waals surface area contributed by atoms with E-state index in [9.17, 15) is 28.1 Å². The molecule has 1 aromatic carbocycles. The molecule has 0 spiro atoms. The monoisotopic (exact) mass is 445 g/mol. The summed E-state index contributed by atoms with van der Waals surface area (Å²) in [5.41, 5.74) is -3.61. The van der Waals surface area contributed by atoms with Crippen molar-refractivity contribution in [2.45, 2.75) is 25.1 Å². The third kappa shape index (κ3) is 4.28. The summed E-state index contributed by atoms with van der Waals surface area (Å²) in [6.45, 7) is 0.748. The molecule has 1 heterocycles. The molecular formula is C17H15ClF3N5O2S. The van der Waals surface area contributed by atoms with E-state index in [4.69, 9.17) is 22.3 Å². The summed E-state index contributed by atoms with van der Waals surface area (Å²) in [7, 11) is 0. The van der Waals surface area contributed by atoms with Crippen molar-refractivity contribution in [3.05, 3.63) is 39.0 Å². The number of nitriles is 2. The average Bonchev–Trinajstić information content (AvgIpc) is 2.67. The van der Waals surface area contributed by atoms with Crippen LogP contribution >= 0.6 is 11.6 Å². The van der Waals surface area contributed by atoms with Crippen molar-refractivity contribution in [1.82, 2.24) is 5.32 Å². The third-order valence-corrected chi connectivity index (χ3v) is 5.94. The number of halogens is 4. The maximum absolute atomic E-state index is 13.2. The van der Waals surface area contributed by atoms with Crippen molar-refractivity contribution in [3.63, 3.8) is 0 Å². The number of benzene rings is 1. The maximum Gasteiger partial charge on any atom is 0.416 e. The van der Waals surface area contributed by atoms with E-state index in [1.807, 2.05) is 0 Å². The summed E-state index contributed by atoms with van der Waals surface area (Å²) >= 11 is 4.25. The highest BCUT2D eigenvalue weighted by atomic mass is 35.5. The SMILES string of the molecule is CC[S+]([O-])/C(C(=N)C#N)=C1/Nc2c(Cl)cc(C(F)(F)F)cc2C(CO)(CC#N)N1. The van der Waals surface area contributed by atoms with Crippen molar-refractivity contribution >= 4 is 34.2 Å². The zero-order chi connectivity index (χ0) is 22.0. The Balaban J connectivity index is 2.85. The fourth-order valence-corrected chi connectivity index (χ4v) is 4.01. The lowest BCUT2D eigenvalue weighted by molar-refractivity contribution is -0.137. The smallest absolute Gasteiger partial charge is 0.416 e. The maximum atomic E-state index is 13.2. The first-order chi connectivity index (χ1) is 13.5. The van der Waals surface area contributed by atoms with Crippen molar-refractivity contribution in [1.29, 1.82) is 15.9 Å². The summed E-state index contributed by atoms with van der Waals surface area (Å²) in [5.74, 6) is -0.0975. The van der Waals surface area contributed by atoms with Crippen LogP contribution in [0.1, 0.15) is 24.5 Å². The number of alkyl halides is 3. The second kappa shape index (κ2) is 8.51. The van der Waals surface area contributed by atoms with Crippen LogP contribution in [-0.4, -0.2) is 27.7 Å². The first kappa shape index (κ1) is 22.8. The molecule has 0 aromatic heterocycles. The zero-order valence-corrected chi connectivity index (χ0v) is 16.5. The first-order valence-corrected chi connectivity index (χ1v) is 9.80. The standard InChI is InChI=1S/C17H15ClF3N5O2S/c1-2-29(28)14(12(24)7-23)15-25-13-10(16(8-27,26-15)3-4-22)5-9(6-11(13)18)17(19,20)21/h5-6,24-27H,2-3,8H2,1H3/b15-14-,24-12?. The van der Waals surface area contributed by atoms with Crippen LogP contribution in [0.5, 0.6) is 0 Å². The van der Waals surface area contributed by atoms with Gasteiger partial charge in [0.15, 0.2) is 11.5 Å². The summed E-state index contributed by atoms with van der Waals surface area (Å²) in [4.78, 5) is -0.243. The second-order valence-corrected chi connectivity index (χ2v) is 8.11. The van der Waals surface area contributed by atoms with Crippen molar-refractivity contribution < 1.29 is 22.8 Å². The van der Waals surface area contributed by atoms with Crippen LogP contribution in [0.15, 0.2) is 22.9 Å². The highest BCUT2D eigenvalue weighted by Gasteiger charge is 2.44. The van der Waals surface area contributed by atoms with E-state index < -0.39 is 47.2 Å². The molecule has 0 radical (unpaired) electrons. The molecule has 2 unspecified atom stereocenters. The zero-order valence-electron chi connectivity index (χ0n) is 14.9. The molecular weight excluding hydrogens is 431 g/mol. The van der Waals surface area contributed by atoms with Gasteiger partial charge in [0.1, 0.15) is 17.4 Å². The fourth-order valence-electron chi connectivity index (χ4n) is 2.85. The van der Waals surface area contributed by atoms with E-state index in [1.54, 1.807) is 19.1 Å².